The lowest BCUT2D eigenvalue weighted by Crippen LogP contribution is -2.12. The van der Waals surface area contributed by atoms with Crippen LogP contribution in [-0.2, 0) is 6.42 Å². The first-order valence-electron chi connectivity index (χ1n) is 6.91. The molecule has 4 heteroatoms. The van der Waals surface area contributed by atoms with Gasteiger partial charge in [-0.15, -0.1) is 11.3 Å². The Morgan fingerprint density at radius 2 is 2.15 bits per heavy atom. The summed E-state index contributed by atoms with van der Waals surface area (Å²) in [6, 6.07) is 6.75. The highest BCUT2D eigenvalue weighted by Gasteiger charge is 2.07. The van der Waals surface area contributed by atoms with Gasteiger partial charge in [0.15, 0.2) is 0 Å². The van der Waals surface area contributed by atoms with E-state index in [4.69, 9.17) is 4.74 Å². The molecule has 1 atom stereocenters. The molecule has 1 aromatic heterocycles. The van der Waals surface area contributed by atoms with Crippen LogP contribution in [0.2, 0.25) is 0 Å². The molecule has 20 heavy (non-hydrogen) atoms. The Balaban J connectivity index is 1.95. The van der Waals surface area contributed by atoms with Crippen LogP contribution in [0.3, 0.4) is 0 Å². The number of hydrogen-bond acceptors (Lipinski definition) is 4. The van der Waals surface area contributed by atoms with Crippen molar-refractivity contribution in [2.75, 3.05) is 13.7 Å². The number of thiazole rings is 1. The van der Waals surface area contributed by atoms with E-state index in [9.17, 15) is 0 Å². The van der Waals surface area contributed by atoms with E-state index < -0.39 is 0 Å². The lowest BCUT2D eigenvalue weighted by molar-refractivity contribution is 0.320. The van der Waals surface area contributed by atoms with Gasteiger partial charge in [0.1, 0.15) is 5.75 Å². The zero-order chi connectivity index (χ0) is 14.5. The number of hydrogen-bond donors (Lipinski definition) is 1. The Labute approximate surface area is 125 Å². The summed E-state index contributed by atoms with van der Waals surface area (Å²) >= 11 is 1.70. The van der Waals surface area contributed by atoms with Crippen molar-refractivity contribution in [3.8, 4) is 5.75 Å². The van der Waals surface area contributed by atoms with Crippen LogP contribution in [0.1, 0.15) is 34.7 Å². The maximum absolute atomic E-state index is 5.89. The summed E-state index contributed by atoms with van der Waals surface area (Å²) in [7, 11) is 1.97. The van der Waals surface area contributed by atoms with Crippen LogP contribution in [-0.4, -0.2) is 18.6 Å². The smallest absolute Gasteiger partial charge is 0.122 e. The van der Waals surface area contributed by atoms with Gasteiger partial charge in [-0.3, -0.25) is 0 Å². The van der Waals surface area contributed by atoms with Gasteiger partial charge >= 0.3 is 0 Å². The molecule has 1 unspecified atom stereocenters. The fourth-order valence-electron chi connectivity index (χ4n) is 2.09. The van der Waals surface area contributed by atoms with Crippen molar-refractivity contribution in [3.05, 3.63) is 45.4 Å². The van der Waals surface area contributed by atoms with Gasteiger partial charge in [0.2, 0.25) is 0 Å². The predicted molar refractivity (Wildman–Crippen MR) is 84.7 cm³/mol. The van der Waals surface area contributed by atoms with Crippen molar-refractivity contribution in [2.45, 2.75) is 33.2 Å². The van der Waals surface area contributed by atoms with Gasteiger partial charge in [-0.1, -0.05) is 12.1 Å². The summed E-state index contributed by atoms with van der Waals surface area (Å²) in [6.45, 7) is 7.00. The second-order valence-electron chi connectivity index (χ2n) is 4.99. The van der Waals surface area contributed by atoms with E-state index in [2.05, 4.69) is 42.3 Å². The highest BCUT2D eigenvalue weighted by molar-refractivity contribution is 7.09. The Morgan fingerprint density at radius 1 is 1.35 bits per heavy atom. The van der Waals surface area contributed by atoms with E-state index >= 15 is 0 Å². The van der Waals surface area contributed by atoms with Crippen LogP contribution in [0.25, 0.3) is 0 Å². The highest BCUT2D eigenvalue weighted by atomic mass is 32.1. The number of rotatable bonds is 6. The van der Waals surface area contributed by atoms with Crippen LogP contribution in [0.15, 0.2) is 23.7 Å². The Bertz CT molecular complexity index is 565. The first-order valence-corrected chi connectivity index (χ1v) is 7.79. The summed E-state index contributed by atoms with van der Waals surface area (Å²) in [4.78, 5) is 5.56. The zero-order valence-corrected chi connectivity index (χ0v) is 13.4. The minimum absolute atomic E-state index is 0.364. The summed E-state index contributed by atoms with van der Waals surface area (Å²) in [5, 5.41) is 3.25. The van der Waals surface area contributed by atoms with Gasteiger partial charge in [0.25, 0.3) is 0 Å². The molecule has 0 bridgehead atoms. The summed E-state index contributed by atoms with van der Waals surface area (Å²) in [5.74, 6) is 0.972. The van der Waals surface area contributed by atoms with Gasteiger partial charge in [0.05, 0.1) is 17.8 Å². The van der Waals surface area contributed by atoms with Crippen molar-refractivity contribution in [1.82, 2.24) is 10.3 Å². The number of benzene rings is 1. The van der Waals surface area contributed by atoms with Crippen molar-refractivity contribution < 1.29 is 4.74 Å². The van der Waals surface area contributed by atoms with E-state index in [1.165, 1.54) is 16.0 Å². The molecule has 0 spiro atoms. The Morgan fingerprint density at radius 3 is 2.75 bits per heavy atom. The molecule has 1 heterocycles. The van der Waals surface area contributed by atoms with Crippen LogP contribution in [0.4, 0.5) is 0 Å². The molecule has 0 fully saturated rings. The lowest BCUT2D eigenvalue weighted by Gasteiger charge is -2.14. The van der Waals surface area contributed by atoms with Crippen LogP contribution in [0, 0.1) is 13.8 Å². The number of nitrogens with zero attached hydrogens (tertiary/aromatic N) is 1. The highest BCUT2D eigenvalue weighted by Crippen LogP contribution is 2.23. The fraction of sp³-hybridized carbons (Fsp3) is 0.438. The van der Waals surface area contributed by atoms with Gasteiger partial charge in [-0.05, 0) is 45.0 Å². The molecule has 3 nitrogen and oxygen atoms in total. The molecule has 2 rings (SSSR count). The SMILES string of the molecule is CNC(C)c1ccc(OCCc2scnc2C)c(C)c1. The largest absolute Gasteiger partial charge is 0.493 e. The second-order valence-corrected chi connectivity index (χ2v) is 5.93. The van der Waals surface area contributed by atoms with Gasteiger partial charge < -0.3 is 10.1 Å². The number of ether oxygens (including phenoxy) is 1. The first-order chi connectivity index (χ1) is 9.61. The molecule has 1 aromatic carbocycles. The Hall–Kier alpha value is -1.39. The van der Waals surface area contributed by atoms with E-state index in [0.29, 0.717) is 12.6 Å². The van der Waals surface area contributed by atoms with E-state index in [1.54, 1.807) is 11.3 Å². The van der Waals surface area contributed by atoms with E-state index in [-0.39, 0.29) is 0 Å². The maximum atomic E-state index is 5.89. The molecule has 0 aliphatic heterocycles. The molecular formula is C16H22N2OS. The molecule has 0 saturated heterocycles. The van der Waals surface area contributed by atoms with E-state index in [0.717, 1.165) is 17.9 Å². The fourth-order valence-corrected chi connectivity index (χ4v) is 2.85. The van der Waals surface area contributed by atoms with Crippen molar-refractivity contribution in [2.24, 2.45) is 0 Å². The normalized spacial score (nSPS) is 12.4. The monoisotopic (exact) mass is 290 g/mol. The number of aryl methyl sites for hydroxylation is 2. The second kappa shape index (κ2) is 6.86. The zero-order valence-electron chi connectivity index (χ0n) is 12.6. The maximum Gasteiger partial charge on any atom is 0.122 e. The molecule has 2 aromatic rings. The quantitative estimate of drug-likeness (QED) is 0.881. The number of aromatic nitrogens is 1. The van der Waals surface area contributed by atoms with Crippen LogP contribution < -0.4 is 10.1 Å². The molecule has 0 saturated carbocycles. The minimum Gasteiger partial charge on any atom is -0.493 e. The third-order valence-corrected chi connectivity index (χ3v) is 4.56. The molecule has 1 N–H and O–H groups in total. The molecule has 108 valence electrons. The minimum atomic E-state index is 0.364. The van der Waals surface area contributed by atoms with Gasteiger partial charge in [-0.25, -0.2) is 4.98 Å². The molecular weight excluding hydrogens is 268 g/mol. The summed E-state index contributed by atoms with van der Waals surface area (Å²) in [5.41, 5.74) is 5.49. The molecule has 0 amide bonds. The average Bonchev–Trinajstić information content (AvgIpc) is 2.85. The van der Waals surface area contributed by atoms with Gasteiger partial charge in [-0.2, -0.15) is 0 Å². The van der Waals surface area contributed by atoms with Crippen molar-refractivity contribution in [3.63, 3.8) is 0 Å². The molecule has 0 aliphatic carbocycles. The lowest BCUT2D eigenvalue weighted by atomic mass is 10.1. The van der Waals surface area contributed by atoms with Crippen molar-refractivity contribution in [1.29, 1.82) is 0 Å². The first kappa shape index (κ1) is 15.0. The van der Waals surface area contributed by atoms with Crippen LogP contribution in [0.5, 0.6) is 5.75 Å². The standard InChI is InChI=1S/C16H22N2OS/c1-11-9-14(12(2)17-4)5-6-15(11)19-8-7-16-13(3)18-10-20-16/h5-6,9-10,12,17H,7-8H2,1-4H3. The summed E-state index contributed by atoms with van der Waals surface area (Å²) in [6.07, 6.45) is 0.921. The van der Waals surface area contributed by atoms with Gasteiger partial charge in [0, 0.05) is 17.3 Å². The van der Waals surface area contributed by atoms with Crippen molar-refractivity contribution >= 4 is 11.3 Å². The summed E-state index contributed by atoms with van der Waals surface area (Å²) < 4.78 is 5.89. The average molecular weight is 290 g/mol. The number of nitrogens with one attached hydrogen (secondary N) is 1. The third-order valence-electron chi connectivity index (χ3n) is 3.56. The predicted octanol–water partition coefficient (Wildman–Crippen LogP) is 3.66. The molecule has 0 aliphatic rings. The molecule has 0 radical (unpaired) electrons. The van der Waals surface area contributed by atoms with E-state index in [1.807, 2.05) is 19.5 Å². The van der Waals surface area contributed by atoms with Crippen LogP contribution >= 0.6 is 11.3 Å². The topological polar surface area (TPSA) is 34.1 Å². The third kappa shape index (κ3) is 3.58. The Kier molecular flexibility index (Phi) is 5.15.